The lowest BCUT2D eigenvalue weighted by Gasteiger charge is -2.27. The van der Waals surface area contributed by atoms with Gasteiger partial charge in [0.15, 0.2) is 0 Å². The maximum absolute atomic E-state index is 10.8. The molecule has 0 radical (unpaired) electrons. The lowest BCUT2D eigenvalue weighted by Crippen LogP contribution is -2.30. The Kier molecular flexibility index (Phi) is 5.61. The maximum Gasteiger partial charge on any atom is 0.331 e. The molecule has 0 bridgehead atoms. The van der Waals surface area contributed by atoms with Crippen LogP contribution in [0.2, 0.25) is 0 Å². The molecule has 4 heteroatoms. The molecule has 86 valence electrons. The normalized spacial score (nSPS) is 26.5. The SMILES string of the molecule is COC(=O)/C=C/NC1CCC(SC)CC1. The number of esters is 1. The third-order valence-corrected chi connectivity index (χ3v) is 3.90. The second-order valence-corrected chi connectivity index (χ2v) is 4.87. The molecule has 1 N–H and O–H groups in total. The fourth-order valence-electron chi connectivity index (χ4n) is 1.79. The summed E-state index contributed by atoms with van der Waals surface area (Å²) >= 11 is 1.96. The Morgan fingerprint density at radius 3 is 2.60 bits per heavy atom. The number of methoxy groups -OCH3 is 1. The van der Waals surface area contributed by atoms with Gasteiger partial charge in [-0.15, -0.1) is 0 Å². The second-order valence-electron chi connectivity index (χ2n) is 3.73. The van der Waals surface area contributed by atoms with Crippen molar-refractivity contribution >= 4 is 17.7 Å². The van der Waals surface area contributed by atoms with Crippen molar-refractivity contribution in [2.45, 2.75) is 37.0 Å². The highest BCUT2D eigenvalue weighted by molar-refractivity contribution is 7.99. The zero-order chi connectivity index (χ0) is 11.1. The summed E-state index contributed by atoms with van der Waals surface area (Å²) < 4.78 is 4.50. The summed E-state index contributed by atoms with van der Waals surface area (Å²) in [7, 11) is 1.39. The molecule has 0 heterocycles. The van der Waals surface area contributed by atoms with E-state index in [1.54, 1.807) is 6.20 Å². The monoisotopic (exact) mass is 229 g/mol. The van der Waals surface area contributed by atoms with Gasteiger partial charge < -0.3 is 10.1 Å². The first-order chi connectivity index (χ1) is 7.26. The molecule has 0 spiro atoms. The molecule has 0 amide bonds. The van der Waals surface area contributed by atoms with Crippen LogP contribution in [0.4, 0.5) is 0 Å². The molecule has 1 aliphatic carbocycles. The van der Waals surface area contributed by atoms with E-state index in [2.05, 4.69) is 16.3 Å². The van der Waals surface area contributed by atoms with Crippen LogP contribution in [0.5, 0.6) is 0 Å². The van der Waals surface area contributed by atoms with E-state index < -0.39 is 0 Å². The molecule has 0 aliphatic heterocycles. The number of ether oxygens (including phenoxy) is 1. The van der Waals surface area contributed by atoms with E-state index in [1.165, 1.54) is 38.9 Å². The lowest BCUT2D eigenvalue weighted by atomic mass is 9.95. The molecule has 1 saturated carbocycles. The van der Waals surface area contributed by atoms with Gasteiger partial charge in [-0.05, 0) is 31.9 Å². The Balaban J connectivity index is 2.18. The van der Waals surface area contributed by atoms with Gasteiger partial charge in [-0.3, -0.25) is 0 Å². The Bertz CT molecular complexity index is 223. The first-order valence-electron chi connectivity index (χ1n) is 5.29. The Morgan fingerprint density at radius 2 is 2.07 bits per heavy atom. The van der Waals surface area contributed by atoms with Crippen molar-refractivity contribution in [1.82, 2.24) is 5.32 Å². The summed E-state index contributed by atoms with van der Waals surface area (Å²) in [6.45, 7) is 0. The van der Waals surface area contributed by atoms with Crippen LogP contribution in [0.15, 0.2) is 12.3 Å². The number of hydrogen-bond acceptors (Lipinski definition) is 4. The molecule has 0 atom stereocenters. The Labute approximate surface area is 95.6 Å². The standard InChI is InChI=1S/C11H19NO2S/c1-14-11(13)7-8-12-9-3-5-10(15-2)6-4-9/h7-10,12H,3-6H2,1-2H3/b8-7+. The number of thioether (sulfide) groups is 1. The topological polar surface area (TPSA) is 38.3 Å². The minimum atomic E-state index is -0.305. The smallest absolute Gasteiger partial charge is 0.331 e. The number of carbonyl (C=O) groups is 1. The second kappa shape index (κ2) is 6.77. The molecule has 1 aliphatic rings. The van der Waals surface area contributed by atoms with Crippen LogP contribution in [0.3, 0.4) is 0 Å². The van der Waals surface area contributed by atoms with Gasteiger partial charge in [0.05, 0.1) is 7.11 Å². The van der Waals surface area contributed by atoms with Gasteiger partial charge in [-0.25, -0.2) is 4.79 Å². The summed E-state index contributed by atoms with van der Waals surface area (Å²) in [5.41, 5.74) is 0. The summed E-state index contributed by atoms with van der Waals surface area (Å²) in [6, 6.07) is 0.523. The maximum atomic E-state index is 10.8. The van der Waals surface area contributed by atoms with E-state index in [0.29, 0.717) is 6.04 Å². The summed E-state index contributed by atoms with van der Waals surface area (Å²) in [6.07, 6.45) is 10.2. The van der Waals surface area contributed by atoms with Gasteiger partial charge in [0.1, 0.15) is 0 Å². The largest absolute Gasteiger partial charge is 0.466 e. The minimum Gasteiger partial charge on any atom is -0.466 e. The quantitative estimate of drug-likeness (QED) is 0.590. The van der Waals surface area contributed by atoms with E-state index in [-0.39, 0.29) is 5.97 Å². The van der Waals surface area contributed by atoms with Gasteiger partial charge >= 0.3 is 5.97 Å². The van der Waals surface area contributed by atoms with Gasteiger partial charge in [-0.1, -0.05) is 0 Å². The highest BCUT2D eigenvalue weighted by Crippen LogP contribution is 2.26. The molecule has 3 nitrogen and oxygen atoms in total. The zero-order valence-electron chi connectivity index (χ0n) is 9.36. The van der Waals surface area contributed by atoms with Crippen LogP contribution in [0, 0.1) is 0 Å². The predicted octanol–water partition coefficient (Wildman–Crippen LogP) is 1.94. The number of carbonyl (C=O) groups excluding carboxylic acids is 1. The molecule has 0 unspecified atom stereocenters. The average molecular weight is 229 g/mol. The number of nitrogens with one attached hydrogen (secondary N) is 1. The number of rotatable bonds is 4. The predicted molar refractivity (Wildman–Crippen MR) is 63.9 cm³/mol. The molecule has 1 rings (SSSR count). The van der Waals surface area contributed by atoms with Crippen molar-refractivity contribution in [3.63, 3.8) is 0 Å². The first kappa shape index (κ1) is 12.4. The molecule has 1 fully saturated rings. The van der Waals surface area contributed by atoms with E-state index in [4.69, 9.17) is 0 Å². The van der Waals surface area contributed by atoms with Crippen molar-refractivity contribution in [3.05, 3.63) is 12.3 Å². The molecule has 0 aromatic carbocycles. The summed E-state index contributed by atoms with van der Waals surface area (Å²) in [5, 5.41) is 4.07. The van der Waals surface area contributed by atoms with Crippen molar-refractivity contribution in [3.8, 4) is 0 Å². The fourth-order valence-corrected chi connectivity index (χ4v) is 2.53. The molecule has 0 aromatic rings. The fraction of sp³-hybridized carbons (Fsp3) is 0.727. The van der Waals surface area contributed by atoms with Crippen molar-refractivity contribution in [1.29, 1.82) is 0 Å². The zero-order valence-corrected chi connectivity index (χ0v) is 10.2. The minimum absolute atomic E-state index is 0.305. The Hall–Kier alpha value is -0.640. The van der Waals surface area contributed by atoms with E-state index in [0.717, 1.165) is 5.25 Å². The van der Waals surface area contributed by atoms with Gasteiger partial charge in [0.25, 0.3) is 0 Å². The first-order valence-corrected chi connectivity index (χ1v) is 6.58. The highest BCUT2D eigenvalue weighted by atomic mass is 32.2. The van der Waals surface area contributed by atoms with Gasteiger partial charge in [-0.2, -0.15) is 11.8 Å². The van der Waals surface area contributed by atoms with Crippen molar-refractivity contribution in [2.24, 2.45) is 0 Å². The van der Waals surface area contributed by atoms with E-state index in [9.17, 15) is 4.79 Å². The van der Waals surface area contributed by atoms with Crippen LogP contribution in [-0.2, 0) is 9.53 Å². The van der Waals surface area contributed by atoms with Crippen LogP contribution >= 0.6 is 11.8 Å². The van der Waals surface area contributed by atoms with Crippen LogP contribution in [0.25, 0.3) is 0 Å². The third kappa shape index (κ3) is 4.60. The average Bonchev–Trinajstić information content (AvgIpc) is 2.29. The molecular formula is C11H19NO2S. The van der Waals surface area contributed by atoms with E-state index in [1.807, 2.05) is 11.8 Å². The lowest BCUT2D eigenvalue weighted by molar-refractivity contribution is -0.134. The van der Waals surface area contributed by atoms with Crippen molar-refractivity contribution < 1.29 is 9.53 Å². The molecular weight excluding hydrogens is 210 g/mol. The van der Waals surface area contributed by atoms with Crippen LogP contribution in [0.1, 0.15) is 25.7 Å². The van der Waals surface area contributed by atoms with Gasteiger partial charge in [0, 0.05) is 23.6 Å². The van der Waals surface area contributed by atoms with Gasteiger partial charge in [0.2, 0.25) is 0 Å². The molecule has 0 aromatic heterocycles. The van der Waals surface area contributed by atoms with E-state index >= 15 is 0 Å². The number of hydrogen-bond donors (Lipinski definition) is 1. The van der Waals surface area contributed by atoms with Crippen LogP contribution in [-0.4, -0.2) is 30.6 Å². The third-order valence-electron chi connectivity index (χ3n) is 2.76. The van der Waals surface area contributed by atoms with Crippen molar-refractivity contribution in [2.75, 3.05) is 13.4 Å². The highest BCUT2D eigenvalue weighted by Gasteiger charge is 2.18. The Morgan fingerprint density at radius 1 is 1.40 bits per heavy atom. The molecule has 0 saturated heterocycles. The summed E-state index contributed by atoms with van der Waals surface area (Å²) in [4.78, 5) is 10.8. The molecule has 15 heavy (non-hydrogen) atoms. The van der Waals surface area contributed by atoms with Crippen LogP contribution < -0.4 is 5.32 Å². The summed E-state index contributed by atoms with van der Waals surface area (Å²) in [5.74, 6) is -0.305.